The zero-order valence-corrected chi connectivity index (χ0v) is 16.2. The van der Waals surface area contributed by atoms with E-state index in [1.54, 1.807) is 0 Å². The molecule has 0 bridgehead atoms. The van der Waals surface area contributed by atoms with Gasteiger partial charge in [0.15, 0.2) is 11.0 Å². The number of benzene rings is 1. The van der Waals surface area contributed by atoms with Gasteiger partial charge in [-0.3, -0.25) is 4.79 Å². The van der Waals surface area contributed by atoms with Crippen LogP contribution in [-0.4, -0.2) is 47.5 Å². The van der Waals surface area contributed by atoms with Crippen LogP contribution in [0.1, 0.15) is 37.9 Å². The molecule has 0 aliphatic heterocycles. The van der Waals surface area contributed by atoms with Gasteiger partial charge in [-0.25, -0.2) is 4.68 Å². The number of hydrogen-bond acceptors (Lipinski definition) is 6. The Hall–Kier alpha value is -2.42. The minimum atomic E-state index is 0.0683. The molecule has 142 valence electrons. The number of rotatable bonds is 6. The fourth-order valence-electron chi connectivity index (χ4n) is 3.42. The van der Waals surface area contributed by atoms with E-state index in [1.807, 2.05) is 40.6 Å². The van der Waals surface area contributed by atoms with E-state index in [4.69, 9.17) is 0 Å². The Morgan fingerprint density at radius 3 is 2.85 bits per heavy atom. The van der Waals surface area contributed by atoms with Crippen molar-refractivity contribution < 1.29 is 4.79 Å². The monoisotopic (exact) mass is 385 g/mol. The summed E-state index contributed by atoms with van der Waals surface area (Å²) in [5.74, 6) is 1.20. The lowest BCUT2D eigenvalue weighted by Crippen LogP contribution is -2.37. The molecule has 1 amide bonds. The minimum absolute atomic E-state index is 0.0683. The maximum atomic E-state index is 12.2. The minimum Gasteiger partial charge on any atom is -0.353 e. The number of para-hydroxylation sites is 1. The van der Waals surface area contributed by atoms with Crippen LogP contribution in [0.4, 0.5) is 0 Å². The van der Waals surface area contributed by atoms with Crippen molar-refractivity contribution >= 4 is 28.7 Å². The van der Waals surface area contributed by atoms with Gasteiger partial charge in [0.1, 0.15) is 12.1 Å². The van der Waals surface area contributed by atoms with Crippen LogP contribution in [-0.2, 0) is 18.4 Å². The standard InChI is InChI=1S/C18H23N7OS/c1-24-16(11-25-15-10-6-5-9-14(15)20-23-25)21-22-18(24)27-12-17(26)19-13-7-3-2-4-8-13/h5-6,9-10,13H,2-4,7-8,11-12H2,1H3,(H,19,26). The molecule has 9 heteroatoms. The van der Waals surface area contributed by atoms with Crippen molar-refractivity contribution in [2.24, 2.45) is 7.05 Å². The number of thioether (sulfide) groups is 1. The van der Waals surface area contributed by atoms with Crippen LogP contribution >= 0.6 is 11.8 Å². The third-order valence-corrected chi connectivity index (χ3v) is 5.96. The van der Waals surface area contributed by atoms with Crippen LogP contribution < -0.4 is 5.32 Å². The first kappa shape index (κ1) is 18.0. The number of carbonyl (C=O) groups excluding carboxylic acids is 1. The highest BCUT2D eigenvalue weighted by atomic mass is 32.2. The van der Waals surface area contributed by atoms with E-state index in [0.29, 0.717) is 18.3 Å². The lowest BCUT2D eigenvalue weighted by molar-refractivity contribution is -0.119. The Kier molecular flexibility index (Phi) is 5.38. The van der Waals surface area contributed by atoms with Gasteiger partial charge < -0.3 is 9.88 Å². The van der Waals surface area contributed by atoms with Gasteiger partial charge in [0.2, 0.25) is 5.91 Å². The van der Waals surface area contributed by atoms with Gasteiger partial charge >= 0.3 is 0 Å². The Bertz CT molecular complexity index is 929. The predicted octanol–water partition coefficient (Wildman–Crippen LogP) is 2.15. The van der Waals surface area contributed by atoms with Crippen molar-refractivity contribution in [2.45, 2.75) is 49.8 Å². The SMILES string of the molecule is Cn1c(Cn2nnc3ccccc32)nnc1SCC(=O)NC1CCCCC1. The summed E-state index contributed by atoms with van der Waals surface area (Å²) in [5.41, 5.74) is 1.82. The second-order valence-corrected chi connectivity index (χ2v) is 7.83. The first-order valence-electron chi connectivity index (χ1n) is 9.29. The van der Waals surface area contributed by atoms with Crippen molar-refractivity contribution in [3.05, 3.63) is 30.1 Å². The average molecular weight is 385 g/mol. The summed E-state index contributed by atoms with van der Waals surface area (Å²) in [7, 11) is 1.91. The Balaban J connectivity index is 1.36. The van der Waals surface area contributed by atoms with Crippen LogP contribution in [0, 0.1) is 0 Å². The highest BCUT2D eigenvalue weighted by molar-refractivity contribution is 7.99. The van der Waals surface area contributed by atoms with Gasteiger partial charge in [-0.2, -0.15) is 0 Å². The molecule has 1 saturated carbocycles. The molecule has 0 saturated heterocycles. The largest absolute Gasteiger partial charge is 0.353 e. The van der Waals surface area contributed by atoms with Gasteiger partial charge in [0.25, 0.3) is 0 Å². The molecule has 0 unspecified atom stereocenters. The predicted molar refractivity (Wildman–Crippen MR) is 103 cm³/mol. The molecule has 1 aliphatic rings. The Morgan fingerprint density at radius 1 is 1.19 bits per heavy atom. The molecule has 1 N–H and O–H groups in total. The number of aromatic nitrogens is 6. The van der Waals surface area contributed by atoms with Crippen LogP contribution in [0.15, 0.2) is 29.4 Å². The van der Waals surface area contributed by atoms with Crippen molar-refractivity contribution in [1.29, 1.82) is 0 Å². The molecule has 1 aliphatic carbocycles. The highest BCUT2D eigenvalue weighted by Gasteiger charge is 2.17. The second kappa shape index (κ2) is 8.08. The number of nitrogens with one attached hydrogen (secondary N) is 1. The number of fused-ring (bicyclic) bond motifs is 1. The zero-order chi connectivity index (χ0) is 18.6. The quantitative estimate of drug-likeness (QED) is 0.654. The molecule has 1 aromatic carbocycles. The second-order valence-electron chi connectivity index (χ2n) is 6.88. The molecule has 4 rings (SSSR count). The molecule has 1 fully saturated rings. The molecule has 0 atom stereocenters. The van der Waals surface area contributed by atoms with Gasteiger partial charge in [-0.05, 0) is 25.0 Å². The molecule has 27 heavy (non-hydrogen) atoms. The van der Waals surface area contributed by atoms with Gasteiger partial charge in [-0.1, -0.05) is 48.4 Å². The van der Waals surface area contributed by atoms with E-state index in [1.165, 1.54) is 31.0 Å². The summed E-state index contributed by atoms with van der Waals surface area (Å²) in [6, 6.07) is 8.16. The molecule has 3 aromatic rings. The van der Waals surface area contributed by atoms with Crippen molar-refractivity contribution in [1.82, 2.24) is 35.1 Å². The summed E-state index contributed by atoms with van der Waals surface area (Å²) < 4.78 is 3.72. The van der Waals surface area contributed by atoms with Crippen molar-refractivity contribution in [3.8, 4) is 0 Å². The van der Waals surface area contributed by atoms with E-state index in [2.05, 4.69) is 25.8 Å². The van der Waals surface area contributed by atoms with Crippen LogP contribution in [0.25, 0.3) is 11.0 Å². The highest BCUT2D eigenvalue weighted by Crippen LogP contribution is 2.19. The van der Waals surface area contributed by atoms with E-state index in [9.17, 15) is 4.79 Å². The first-order valence-corrected chi connectivity index (χ1v) is 10.3. The summed E-state index contributed by atoms with van der Waals surface area (Å²) in [6.07, 6.45) is 5.89. The molecule has 0 radical (unpaired) electrons. The summed E-state index contributed by atoms with van der Waals surface area (Å²) >= 11 is 1.41. The summed E-state index contributed by atoms with van der Waals surface area (Å²) in [4.78, 5) is 12.2. The molecular formula is C18H23N7OS. The van der Waals surface area contributed by atoms with E-state index in [-0.39, 0.29) is 5.91 Å². The lowest BCUT2D eigenvalue weighted by Gasteiger charge is -2.22. The topological polar surface area (TPSA) is 90.5 Å². The molecule has 0 spiro atoms. The summed E-state index contributed by atoms with van der Waals surface area (Å²) in [6.45, 7) is 0.485. The van der Waals surface area contributed by atoms with E-state index in [0.717, 1.165) is 34.9 Å². The third kappa shape index (κ3) is 4.13. The number of hydrogen-bond donors (Lipinski definition) is 1. The van der Waals surface area contributed by atoms with E-state index < -0.39 is 0 Å². The van der Waals surface area contributed by atoms with Crippen LogP contribution in [0.3, 0.4) is 0 Å². The van der Waals surface area contributed by atoms with Crippen LogP contribution in [0.5, 0.6) is 0 Å². The molecule has 8 nitrogen and oxygen atoms in total. The molecule has 2 aromatic heterocycles. The third-order valence-electron chi connectivity index (χ3n) is 4.94. The molecule has 2 heterocycles. The number of amides is 1. The van der Waals surface area contributed by atoms with Crippen LogP contribution in [0.2, 0.25) is 0 Å². The average Bonchev–Trinajstić information content (AvgIpc) is 3.26. The van der Waals surface area contributed by atoms with Crippen molar-refractivity contribution in [3.63, 3.8) is 0 Å². The first-order chi connectivity index (χ1) is 13.2. The fourth-order valence-corrected chi connectivity index (χ4v) is 4.16. The maximum Gasteiger partial charge on any atom is 0.230 e. The Morgan fingerprint density at radius 2 is 2.00 bits per heavy atom. The summed E-state index contributed by atoms with van der Waals surface area (Å²) in [5, 5.41) is 20.7. The smallest absolute Gasteiger partial charge is 0.230 e. The van der Waals surface area contributed by atoms with Gasteiger partial charge in [-0.15, -0.1) is 15.3 Å². The molecular weight excluding hydrogens is 362 g/mol. The van der Waals surface area contributed by atoms with Gasteiger partial charge in [0, 0.05) is 13.1 Å². The zero-order valence-electron chi connectivity index (χ0n) is 15.3. The Labute approximate surface area is 161 Å². The normalized spacial score (nSPS) is 15.3. The van der Waals surface area contributed by atoms with E-state index >= 15 is 0 Å². The fraction of sp³-hybridized carbons (Fsp3) is 0.500. The number of nitrogens with zero attached hydrogens (tertiary/aromatic N) is 6. The maximum absolute atomic E-state index is 12.2. The number of carbonyl (C=O) groups is 1. The van der Waals surface area contributed by atoms with Gasteiger partial charge in [0.05, 0.1) is 11.3 Å². The lowest BCUT2D eigenvalue weighted by atomic mass is 9.95. The van der Waals surface area contributed by atoms with Crippen molar-refractivity contribution in [2.75, 3.05) is 5.75 Å².